The van der Waals surface area contributed by atoms with E-state index in [0.29, 0.717) is 30.3 Å². The fourth-order valence-corrected chi connectivity index (χ4v) is 2.74. The normalized spacial score (nSPS) is 11.0. The molecule has 3 aromatic carbocycles. The van der Waals surface area contributed by atoms with Crippen LogP contribution in [0.25, 0.3) is 16.8 Å². The third-order valence-corrected chi connectivity index (χ3v) is 3.92. The minimum Gasteiger partial charge on any atom is -0.490 e. The highest BCUT2D eigenvalue weighted by molar-refractivity contribution is 5.85. The van der Waals surface area contributed by atoms with Crippen molar-refractivity contribution in [3.05, 3.63) is 88.1 Å². The number of nitrogens with zero attached hydrogens (tertiary/aromatic N) is 1. The highest BCUT2D eigenvalue weighted by Crippen LogP contribution is 2.30. The Kier molecular flexibility index (Phi) is 5.49. The number of ether oxygens (including phenoxy) is 2. The minimum atomic E-state index is -0.495. The predicted octanol–water partition coefficient (Wildman–Crippen LogP) is 5.06. The second-order valence-electron chi connectivity index (χ2n) is 5.67. The van der Waals surface area contributed by atoms with Gasteiger partial charge in [-0.3, -0.25) is 10.1 Å². The van der Waals surface area contributed by atoms with Gasteiger partial charge >= 0.3 is 0 Å². The van der Waals surface area contributed by atoms with E-state index in [9.17, 15) is 10.1 Å². The van der Waals surface area contributed by atoms with Gasteiger partial charge in [-0.15, -0.1) is 0 Å². The summed E-state index contributed by atoms with van der Waals surface area (Å²) >= 11 is 0. The van der Waals surface area contributed by atoms with E-state index in [1.54, 1.807) is 18.2 Å². The van der Waals surface area contributed by atoms with Crippen LogP contribution in [0.15, 0.2) is 66.9 Å². The van der Waals surface area contributed by atoms with Crippen molar-refractivity contribution in [2.75, 3.05) is 6.61 Å². The molecule has 5 heteroatoms. The van der Waals surface area contributed by atoms with Crippen LogP contribution in [0.1, 0.15) is 18.1 Å². The highest BCUT2D eigenvalue weighted by Gasteiger charge is 2.08. The summed E-state index contributed by atoms with van der Waals surface area (Å²) < 4.78 is 11.6. The largest absolute Gasteiger partial charge is 0.490 e. The molecule has 0 atom stereocenters. The molecule has 0 unspecified atom stereocenters. The summed E-state index contributed by atoms with van der Waals surface area (Å²) in [6.07, 6.45) is 2.33. The minimum absolute atomic E-state index is 0.408. The van der Waals surface area contributed by atoms with Crippen molar-refractivity contribution in [1.82, 2.24) is 0 Å². The van der Waals surface area contributed by atoms with E-state index in [2.05, 4.69) is 18.2 Å². The number of benzene rings is 3. The van der Waals surface area contributed by atoms with Crippen LogP contribution in [-0.2, 0) is 6.61 Å². The van der Waals surface area contributed by atoms with Gasteiger partial charge in [0.2, 0.25) is 6.20 Å². The molecule has 0 fully saturated rings. The highest BCUT2D eigenvalue weighted by atomic mass is 16.6. The third kappa shape index (κ3) is 4.19. The van der Waals surface area contributed by atoms with Crippen LogP contribution in [0.4, 0.5) is 0 Å². The van der Waals surface area contributed by atoms with E-state index in [-0.39, 0.29) is 0 Å². The summed E-state index contributed by atoms with van der Waals surface area (Å²) in [7, 11) is 0. The van der Waals surface area contributed by atoms with Crippen molar-refractivity contribution >= 4 is 16.8 Å². The molecule has 0 heterocycles. The van der Waals surface area contributed by atoms with Gasteiger partial charge < -0.3 is 9.47 Å². The molecule has 0 aliphatic carbocycles. The van der Waals surface area contributed by atoms with Gasteiger partial charge in [-0.05, 0) is 41.0 Å². The zero-order chi connectivity index (χ0) is 18.4. The Morgan fingerprint density at radius 1 is 1.00 bits per heavy atom. The SMILES string of the molecule is CCOc1cc(/C=C/[N+](=O)[O-])ccc1OCc1cccc2ccccc12. The van der Waals surface area contributed by atoms with Crippen LogP contribution < -0.4 is 9.47 Å². The maximum absolute atomic E-state index is 10.5. The summed E-state index contributed by atoms with van der Waals surface area (Å²) in [4.78, 5) is 9.98. The Morgan fingerprint density at radius 3 is 2.62 bits per heavy atom. The zero-order valence-electron chi connectivity index (χ0n) is 14.4. The molecular formula is C21H19NO4. The summed E-state index contributed by atoms with van der Waals surface area (Å²) in [6, 6.07) is 19.6. The van der Waals surface area contributed by atoms with Crippen molar-refractivity contribution in [2.24, 2.45) is 0 Å². The molecule has 0 aliphatic heterocycles. The Bertz CT molecular complexity index is 944. The molecule has 0 saturated heterocycles. The molecule has 0 saturated carbocycles. The van der Waals surface area contributed by atoms with E-state index >= 15 is 0 Å². The van der Waals surface area contributed by atoms with Crippen LogP contribution >= 0.6 is 0 Å². The van der Waals surface area contributed by atoms with Crippen LogP contribution in [-0.4, -0.2) is 11.5 Å². The van der Waals surface area contributed by atoms with E-state index in [0.717, 1.165) is 17.1 Å². The predicted molar refractivity (Wildman–Crippen MR) is 102 cm³/mol. The molecule has 0 spiro atoms. The van der Waals surface area contributed by atoms with E-state index < -0.39 is 4.92 Å². The quantitative estimate of drug-likeness (QED) is 0.441. The average molecular weight is 349 g/mol. The van der Waals surface area contributed by atoms with Crippen LogP contribution in [0.3, 0.4) is 0 Å². The Morgan fingerprint density at radius 2 is 1.81 bits per heavy atom. The second kappa shape index (κ2) is 8.16. The van der Waals surface area contributed by atoms with Crippen LogP contribution in [0.5, 0.6) is 11.5 Å². The molecule has 0 aromatic heterocycles. The van der Waals surface area contributed by atoms with Gasteiger partial charge in [0.05, 0.1) is 11.5 Å². The van der Waals surface area contributed by atoms with Gasteiger partial charge in [0, 0.05) is 6.08 Å². The zero-order valence-corrected chi connectivity index (χ0v) is 14.4. The van der Waals surface area contributed by atoms with Crippen LogP contribution in [0, 0.1) is 10.1 Å². The lowest BCUT2D eigenvalue weighted by atomic mass is 10.1. The maximum atomic E-state index is 10.5. The first kappa shape index (κ1) is 17.5. The van der Waals surface area contributed by atoms with Gasteiger partial charge in [0.25, 0.3) is 0 Å². The van der Waals surface area contributed by atoms with Gasteiger partial charge in [-0.1, -0.05) is 48.5 Å². The molecule has 5 nitrogen and oxygen atoms in total. The first-order valence-corrected chi connectivity index (χ1v) is 8.35. The Hall–Kier alpha value is -3.34. The maximum Gasteiger partial charge on any atom is 0.235 e. The fourth-order valence-electron chi connectivity index (χ4n) is 2.74. The number of nitro groups is 1. The molecule has 132 valence electrons. The smallest absolute Gasteiger partial charge is 0.235 e. The molecule has 0 N–H and O–H groups in total. The first-order chi connectivity index (χ1) is 12.7. The summed E-state index contributed by atoms with van der Waals surface area (Å²) in [5, 5.41) is 12.8. The van der Waals surface area contributed by atoms with Gasteiger partial charge in [0.15, 0.2) is 11.5 Å². The first-order valence-electron chi connectivity index (χ1n) is 8.35. The Labute approximate surface area is 151 Å². The van der Waals surface area contributed by atoms with Gasteiger partial charge in [-0.25, -0.2) is 0 Å². The molecule has 3 aromatic rings. The number of hydrogen-bond acceptors (Lipinski definition) is 4. The van der Waals surface area contributed by atoms with E-state index in [1.807, 2.05) is 31.2 Å². The monoisotopic (exact) mass is 349 g/mol. The summed E-state index contributed by atoms with van der Waals surface area (Å²) in [6.45, 7) is 2.77. The van der Waals surface area contributed by atoms with Crippen molar-refractivity contribution in [3.8, 4) is 11.5 Å². The van der Waals surface area contributed by atoms with Crippen molar-refractivity contribution in [3.63, 3.8) is 0 Å². The molecular weight excluding hydrogens is 330 g/mol. The topological polar surface area (TPSA) is 61.6 Å². The molecule has 0 amide bonds. The number of fused-ring (bicyclic) bond motifs is 1. The molecule has 26 heavy (non-hydrogen) atoms. The van der Waals surface area contributed by atoms with Crippen molar-refractivity contribution in [1.29, 1.82) is 0 Å². The van der Waals surface area contributed by atoms with Gasteiger partial charge in [-0.2, -0.15) is 0 Å². The Balaban J connectivity index is 1.83. The lowest BCUT2D eigenvalue weighted by Gasteiger charge is -2.13. The summed E-state index contributed by atoms with van der Waals surface area (Å²) in [5.41, 5.74) is 1.77. The lowest BCUT2D eigenvalue weighted by Crippen LogP contribution is -2.00. The second-order valence-corrected chi connectivity index (χ2v) is 5.67. The molecule has 3 rings (SSSR count). The van der Waals surface area contributed by atoms with Crippen molar-refractivity contribution < 1.29 is 14.4 Å². The third-order valence-electron chi connectivity index (χ3n) is 3.92. The average Bonchev–Trinajstić information content (AvgIpc) is 2.66. The van der Waals surface area contributed by atoms with Crippen LogP contribution in [0.2, 0.25) is 0 Å². The number of hydrogen-bond donors (Lipinski definition) is 0. The standard InChI is InChI=1S/C21H19NO4/c1-2-25-21-14-16(12-13-22(23)24)10-11-20(21)26-15-18-8-5-7-17-6-3-4-9-19(17)18/h3-14H,2,15H2,1H3/b13-12+. The summed E-state index contributed by atoms with van der Waals surface area (Å²) in [5.74, 6) is 1.18. The molecule has 0 bridgehead atoms. The van der Waals surface area contributed by atoms with E-state index in [4.69, 9.17) is 9.47 Å². The lowest BCUT2D eigenvalue weighted by molar-refractivity contribution is -0.400. The van der Waals surface area contributed by atoms with Gasteiger partial charge in [0.1, 0.15) is 6.61 Å². The van der Waals surface area contributed by atoms with Crippen molar-refractivity contribution in [2.45, 2.75) is 13.5 Å². The fraction of sp³-hybridized carbons (Fsp3) is 0.143. The molecule has 0 radical (unpaired) electrons. The molecule has 0 aliphatic rings. The number of rotatable bonds is 7. The van der Waals surface area contributed by atoms with E-state index in [1.165, 1.54) is 11.5 Å².